The molecule has 4 rings (SSSR count). The van der Waals surface area contributed by atoms with E-state index in [2.05, 4.69) is 30.3 Å². The second-order valence-electron chi connectivity index (χ2n) is 7.26. The number of nitrogens with two attached hydrogens (primary N) is 1. The number of benzene rings is 1. The zero-order valence-corrected chi connectivity index (χ0v) is 12.9. The smallest absolute Gasteiger partial charge is 0.0291 e. The fraction of sp³-hybridized carbons (Fsp3) is 0.600. The van der Waals surface area contributed by atoms with E-state index in [0.717, 1.165) is 17.8 Å². The maximum absolute atomic E-state index is 6.72. The highest BCUT2D eigenvalue weighted by atomic mass is 14.7. The van der Waals surface area contributed by atoms with Crippen molar-refractivity contribution in [2.75, 3.05) is 0 Å². The van der Waals surface area contributed by atoms with Gasteiger partial charge in [0.25, 0.3) is 0 Å². The molecule has 1 heteroatoms. The van der Waals surface area contributed by atoms with Crippen LogP contribution in [0.25, 0.3) is 0 Å². The summed E-state index contributed by atoms with van der Waals surface area (Å²) in [6.07, 6.45) is 13.1. The molecule has 1 aromatic carbocycles. The summed E-state index contributed by atoms with van der Waals surface area (Å²) in [6, 6.07) is 9.39. The molecule has 0 saturated heterocycles. The first-order valence-corrected chi connectivity index (χ1v) is 8.88. The molecule has 3 aliphatic carbocycles. The molecule has 0 amide bonds. The lowest BCUT2D eigenvalue weighted by Crippen LogP contribution is -2.27. The molecule has 0 aliphatic heterocycles. The van der Waals surface area contributed by atoms with Crippen LogP contribution in [-0.2, 0) is 6.42 Å². The van der Waals surface area contributed by atoms with Crippen LogP contribution in [0.4, 0.5) is 0 Å². The van der Waals surface area contributed by atoms with Gasteiger partial charge in [0.05, 0.1) is 0 Å². The van der Waals surface area contributed by atoms with Crippen LogP contribution < -0.4 is 5.73 Å². The summed E-state index contributed by atoms with van der Waals surface area (Å²) in [4.78, 5) is 0. The Labute approximate surface area is 128 Å². The molecule has 4 unspecified atom stereocenters. The number of rotatable bonds is 2. The van der Waals surface area contributed by atoms with Gasteiger partial charge in [-0.15, -0.1) is 0 Å². The van der Waals surface area contributed by atoms with Gasteiger partial charge in [0.15, 0.2) is 0 Å². The molecule has 3 aliphatic rings. The minimum atomic E-state index is 0.323. The lowest BCUT2D eigenvalue weighted by molar-refractivity contribution is 0.541. The van der Waals surface area contributed by atoms with Crippen LogP contribution >= 0.6 is 0 Å². The number of aryl methyl sites for hydroxylation is 1. The first-order chi connectivity index (χ1) is 10.4. The van der Waals surface area contributed by atoms with Crippen molar-refractivity contribution in [3.63, 3.8) is 0 Å². The van der Waals surface area contributed by atoms with Gasteiger partial charge in [0.1, 0.15) is 0 Å². The fourth-order valence-electron chi connectivity index (χ4n) is 4.88. The molecule has 4 atom stereocenters. The number of hydrogen-bond acceptors (Lipinski definition) is 1. The van der Waals surface area contributed by atoms with E-state index in [9.17, 15) is 0 Å². The third kappa shape index (κ3) is 2.46. The quantitative estimate of drug-likeness (QED) is 0.790. The van der Waals surface area contributed by atoms with Gasteiger partial charge in [-0.25, -0.2) is 0 Å². The van der Waals surface area contributed by atoms with E-state index >= 15 is 0 Å². The summed E-state index contributed by atoms with van der Waals surface area (Å²) >= 11 is 0. The van der Waals surface area contributed by atoms with E-state index in [0.29, 0.717) is 6.04 Å². The van der Waals surface area contributed by atoms with Crippen molar-refractivity contribution in [3.8, 4) is 0 Å². The van der Waals surface area contributed by atoms with Crippen molar-refractivity contribution in [2.24, 2.45) is 17.6 Å². The van der Waals surface area contributed by atoms with E-state index in [-0.39, 0.29) is 0 Å². The molecule has 0 spiro atoms. The molecule has 1 fully saturated rings. The highest BCUT2D eigenvalue weighted by Crippen LogP contribution is 2.61. The molecule has 1 saturated carbocycles. The van der Waals surface area contributed by atoms with Crippen molar-refractivity contribution < 1.29 is 0 Å². The van der Waals surface area contributed by atoms with E-state index in [4.69, 9.17) is 5.73 Å². The summed E-state index contributed by atoms with van der Waals surface area (Å²) in [5.41, 5.74) is 11.5. The third-order valence-electron chi connectivity index (χ3n) is 6.06. The first kappa shape index (κ1) is 13.6. The van der Waals surface area contributed by atoms with Crippen LogP contribution in [0.2, 0.25) is 0 Å². The molecular formula is C20H27N. The summed E-state index contributed by atoms with van der Waals surface area (Å²) in [5.74, 6) is 2.34. The Morgan fingerprint density at radius 3 is 2.81 bits per heavy atom. The van der Waals surface area contributed by atoms with Crippen molar-refractivity contribution in [2.45, 2.75) is 63.3 Å². The SMILES string of the molecule is NC(/C1=C/CCCCCC1)C1C2CCc3ccccc3C21. The second kappa shape index (κ2) is 5.61. The van der Waals surface area contributed by atoms with Gasteiger partial charge in [-0.2, -0.15) is 0 Å². The van der Waals surface area contributed by atoms with Crippen LogP contribution in [0.1, 0.15) is 62.0 Å². The predicted octanol–water partition coefficient (Wildman–Crippen LogP) is 4.57. The Morgan fingerprint density at radius 2 is 1.86 bits per heavy atom. The molecule has 1 nitrogen and oxygen atoms in total. The average molecular weight is 281 g/mol. The topological polar surface area (TPSA) is 26.0 Å². The molecular weight excluding hydrogens is 254 g/mol. The van der Waals surface area contributed by atoms with Crippen LogP contribution in [0.3, 0.4) is 0 Å². The zero-order chi connectivity index (χ0) is 14.2. The highest BCUT2D eigenvalue weighted by molar-refractivity contribution is 5.41. The van der Waals surface area contributed by atoms with E-state index in [1.807, 2.05) is 0 Å². The van der Waals surface area contributed by atoms with Crippen LogP contribution in [0.5, 0.6) is 0 Å². The number of fused-ring (bicyclic) bond motifs is 3. The minimum absolute atomic E-state index is 0.323. The molecule has 0 bridgehead atoms. The number of hydrogen-bond donors (Lipinski definition) is 1. The monoisotopic (exact) mass is 281 g/mol. The molecule has 112 valence electrons. The zero-order valence-electron chi connectivity index (χ0n) is 12.9. The molecule has 0 aromatic heterocycles. The third-order valence-corrected chi connectivity index (χ3v) is 6.06. The Balaban J connectivity index is 1.53. The maximum Gasteiger partial charge on any atom is 0.0291 e. The Morgan fingerprint density at radius 1 is 1.00 bits per heavy atom. The molecule has 0 radical (unpaired) electrons. The number of allylic oxidation sites excluding steroid dienone is 1. The van der Waals surface area contributed by atoms with Gasteiger partial charge in [0.2, 0.25) is 0 Å². The minimum Gasteiger partial charge on any atom is -0.324 e. The lowest BCUT2D eigenvalue weighted by atomic mass is 9.91. The van der Waals surface area contributed by atoms with Crippen LogP contribution in [0.15, 0.2) is 35.9 Å². The van der Waals surface area contributed by atoms with Crippen LogP contribution in [0, 0.1) is 11.8 Å². The first-order valence-electron chi connectivity index (χ1n) is 8.88. The Hall–Kier alpha value is -1.08. The van der Waals surface area contributed by atoms with E-state index < -0.39 is 0 Å². The fourth-order valence-corrected chi connectivity index (χ4v) is 4.88. The Kier molecular flexibility index (Phi) is 3.62. The molecule has 21 heavy (non-hydrogen) atoms. The largest absolute Gasteiger partial charge is 0.324 e. The van der Waals surface area contributed by atoms with Crippen molar-refractivity contribution >= 4 is 0 Å². The van der Waals surface area contributed by atoms with E-state index in [1.54, 1.807) is 16.7 Å². The average Bonchev–Trinajstić information content (AvgIpc) is 3.21. The van der Waals surface area contributed by atoms with Crippen molar-refractivity contribution in [1.82, 2.24) is 0 Å². The molecule has 1 aromatic rings. The lowest BCUT2D eigenvalue weighted by Gasteiger charge is -2.19. The van der Waals surface area contributed by atoms with Crippen LogP contribution in [-0.4, -0.2) is 6.04 Å². The summed E-state index contributed by atoms with van der Waals surface area (Å²) < 4.78 is 0. The maximum atomic E-state index is 6.72. The summed E-state index contributed by atoms with van der Waals surface area (Å²) in [7, 11) is 0. The van der Waals surface area contributed by atoms with Gasteiger partial charge < -0.3 is 5.73 Å². The van der Waals surface area contributed by atoms with Gasteiger partial charge in [-0.3, -0.25) is 0 Å². The van der Waals surface area contributed by atoms with Crippen molar-refractivity contribution in [3.05, 3.63) is 47.0 Å². The van der Waals surface area contributed by atoms with Gasteiger partial charge >= 0.3 is 0 Å². The summed E-state index contributed by atoms with van der Waals surface area (Å²) in [6.45, 7) is 0. The second-order valence-corrected chi connectivity index (χ2v) is 7.26. The molecule has 0 heterocycles. The van der Waals surface area contributed by atoms with Gasteiger partial charge in [0, 0.05) is 6.04 Å². The van der Waals surface area contributed by atoms with E-state index in [1.165, 1.54) is 51.4 Å². The van der Waals surface area contributed by atoms with Gasteiger partial charge in [-0.1, -0.05) is 48.8 Å². The highest BCUT2D eigenvalue weighted by Gasteiger charge is 2.55. The standard InChI is InChI=1S/C20H27N/c21-20(15-9-4-2-1-3-5-10-15)19-17-13-12-14-8-6-7-11-16(14)18(17)19/h6-9,11,17-20H,1-5,10,12-13,21H2/b15-9+. The van der Waals surface area contributed by atoms with Gasteiger partial charge in [-0.05, 0) is 67.4 Å². The normalized spacial score (nSPS) is 35.5. The van der Waals surface area contributed by atoms with Crippen molar-refractivity contribution in [1.29, 1.82) is 0 Å². The Bertz CT molecular complexity index is 545. The molecule has 2 N–H and O–H groups in total. The summed E-state index contributed by atoms with van der Waals surface area (Å²) in [5, 5.41) is 0. The predicted molar refractivity (Wildman–Crippen MR) is 88.2 cm³/mol.